The van der Waals surface area contributed by atoms with Crippen LogP contribution in [0.1, 0.15) is 58.4 Å². The molecule has 170 valence electrons. The van der Waals surface area contributed by atoms with Crippen LogP contribution in [0.2, 0.25) is 0 Å². The standard InChI is InChI=1S/C25H24N2O3S.CH2O/c28-24-21-12-6-7-13-22(21)25(29)27(24)16-17-14-15-23(20-11-5-4-10-19(17)20)31(30)26-18-8-2-1-3-9-18;1-2/h4-7,10-15,18,26H,1-3,8-9,16H2;1H2. The zero-order valence-electron chi connectivity index (χ0n) is 18.3. The Morgan fingerprint density at radius 2 is 1.39 bits per heavy atom. The Hall–Kier alpha value is -3.16. The van der Waals surface area contributed by atoms with E-state index in [1.54, 1.807) is 24.3 Å². The van der Waals surface area contributed by atoms with Crippen LogP contribution in [0.15, 0.2) is 65.6 Å². The number of benzene rings is 3. The third-order valence-corrected chi connectivity index (χ3v) is 7.56. The van der Waals surface area contributed by atoms with E-state index in [1.807, 2.05) is 43.2 Å². The second-order valence-electron chi connectivity index (χ2n) is 8.23. The zero-order chi connectivity index (χ0) is 23.4. The number of hydrogen-bond donors (Lipinski definition) is 1. The molecule has 0 bridgehead atoms. The first kappa shape index (κ1) is 23.0. The molecule has 1 aliphatic carbocycles. The summed E-state index contributed by atoms with van der Waals surface area (Å²) in [6, 6.07) is 18.7. The Bertz CT molecular complexity index is 1180. The molecule has 1 heterocycles. The fourth-order valence-electron chi connectivity index (χ4n) is 4.62. The van der Waals surface area contributed by atoms with E-state index in [2.05, 4.69) is 4.72 Å². The third-order valence-electron chi connectivity index (χ3n) is 6.26. The van der Waals surface area contributed by atoms with Gasteiger partial charge in [-0.3, -0.25) is 14.5 Å². The van der Waals surface area contributed by atoms with Gasteiger partial charge in [-0.2, -0.15) is 0 Å². The number of nitrogens with one attached hydrogen (secondary N) is 1. The third kappa shape index (κ3) is 4.51. The highest BCUT2D eigenvalue weighted by Crippen LogP contribution is 2.30. The predicted octanol–water partition coefficient (Wildman–Crippen LogP) is 4.40. The van der Waals surface area contributed by atoms with Crippen LogP contribution in [0.4, 0.5) is 0 Å². The Balaban J connectivity index is 0.00000126. The lowest BCUT2D eigenvalue weighted by Crippen LogP contribution is -2.32. The van der Waals surface area contributed by atoms with Crippen molar-refractivity contribution < 1.29 is 18.6 Å². The summed E-state index contributed by atoms with van der Waals surface area (Å²) in [5.74, 6) is -0.535. The number of amides is 2. The molecule has 6 nitrogen and oxygen atoms in total. The van der Waals surface area contributed by atoms with Gasteiger partial charge in [0.05, 0.1) is 22.6 Å². The van der Waals surface area contributed by atoms with Crippen molar-refractivity contribution in [3.8, 4) is 0 Å². The van der Waals surface area contributed by atoms with E-state index < -0.39 is 11.0 Å². The molecule has 33 heavy (non-hydrogen) atoms. The van der Waals surface area contributed by atoms with Gasteiger partial charge >= 0.3 is 0 Å². The van der Waals surface area contributed by atoms with Crippen molar-refractivity contribution in [1.29, 1.82) is 0 Å². The maximum Gasteiger partial charge on any atom is 0.261 e. The van der Waals surface area contributed by atoms with Crippen molar-refractivity contribution in [3.63, 3.8) is 0 Å². The molecule has 1 fully saturated rings. The highest BCUT2D eigenvalue weighted by molar-refractivity contribution is 7.83. The van der Waals surface area contributed by atoms with E-state index in [0.717, 1.165) is 34.1 Å². The molecular weight excluding hydrogens is 436 g/mol. The quantitative estimate of drug-likeness (QED) is 0.570. The minimum absolute atomic E-state index is 0.190. The molecule has 1 aliphatic heterocycles. The largest absolute Gasteiger partial charge is 0.307 e. The average Bonchev–Trinajstić information content (AvgIpc) is 3.11. The lowest BCUT2D eigenvalue weighted by Gasteiger charge is -2.23. The summed E-state index contributed by atoms with van der Waals surface area (Å²) in [6.07, 6.45) is 5.72. The molecule has 3 aromatic carbocycles. The summed E-state index contributed by atoms with van der Waals surface area (Å²) in [7, 11) is -1.31. The fourth-order valence-corrected chi connectivity index (χ4v) is 5.86. The van der Waals surface area contributed by atoms with Gasteiger partial charge in [-0.25, -0.2) is 8.93 Å². The molecule has 3 aromatic rings. The molecule has 0 aromatic heterocycles. The average molecular weight is 463 g/mol. The van der Waals surface area contributed by atoms with Crippen LogP contribution < -0.4 is 4.72 Å². The summed E-state index contributed by atoms with van der Waals surface area (Å²) in [6.45, 7) is 2.19. The molecule has 7 heteroatoms. The van der Waals surface area contributed by atoms with E-state index in [-0.39, 0.29) is 24.4 Å². The molecule has 1 N–H and O–H groups in total. The van der Waals surface area contributed by atoms with Crippen molar-refractivity contribution >= 4 is 40.4 Å². The molecule has 1 atom stereocenters. The molecule has 5 rings (SSSR count). The number of hydrogen-bond acceptors (Lipinski definition) is 4. The lowest BCUT2D eigenvalue weighted by atomic mass is 9.96. The van der Waals surface area contributed by atoms with Gasteiger partial charge in [0.15, 0.2) is 0 Å². The Morgan fingerprint density at radius 1 is 0.818 bits per heavy atom. The molecule has 2 aliphatic rings. The molecule has 0 saturated heterocycles. The van der Waals surface area contributed by atoms with E-state index in [0.29, 0.717) is 11.1 Å². The van der Waals surface area contributed by atoms with Gasteiger partial charge in [-0.15, -0.1) is 0 Å². The Morgan fingerprint density at radius 3 is 2.03 bits per heavy atom. The number of carbonyl (C=O) groups is 3. The van der Waals surface area contributed by atoms with Crippen LogP contribution in [0.5, 0.6) is 0 Å². The van der Waals surface area contributed by atoms with Crippen LogP contribution in [0, 0.1) is 0 Å². The first-order valence-corrected chi connectivity index (χ1v) is 12.2. The molecule has 0 spiro atoms. The second-order valence-corrected chi connectivity index (χ2v) is 9.44. The number of carbonyl (C=O) groups excluding carboxylic acids is 3. The molecule has 0 radical (unpaired) electrons. The van der Waals surface area contributed by atoms with Gasteiger partial charge in [0.25, 0.3) is 11.8 Å². The number of rotatable bonds is 5. The summed E-state index contributed by atoms with van der Waals surface area (Å²) < 4.78 is 16.4. The minimum atomic E-state index is -1.31. The van der Waals surface area contributed by atoms with Gasteiger partial charge in [0.2, 0.25) is 0 Å². The second kappa shape index (κ2) is 10.2. The van der Waals surface area contributed by atoms with Crippen LogP contribution in [-0.2, 0) is 22.3 Å². The molecule has 1 unspecified atom stereocenters. The lowest BCUT2D eigenvalue weighted by molar-refractivity contribution is -0.0980. The van der Waals surface area contributed by atoms with Gasteiger partial charge in [-0.05, 0) is 47.4 Å². The van der Waals surface area contributed by atoms with Crippen molar-refractivity contribution in [2.45, 2.75) is 49.6 Å². The predicted molar refractivity (Wildman–Crippen MR) is 128 cm³/mol. The van der Waals surface area contributed by atoms with Gasteiger partial charge < -0.3 is 4.79 Å². The fraction of sp³-hybridized carbons (Fsp3) is 0.269. The van der Waals surface area contributed by atoms with Crippen molar-refractivity contribution in [2.75, 3.05) is 0 Å². The smallest absolute Gasteiger partial charge is 0.261 e. The zero-order valence-corrected chi connectivity index (χ0v) is 19.1. The monoisotopic (exact) mass is 462 g/mol. The number of imide groups is 1. The van der Waals surface area contributed by atoms with Crippen molar-refractivity contribution in [2.24, 2.45) is 0 Å². The SMILES string of the molecule is C=O.O=C1c2ccccc2C(=O)N1Cc1ccc(S(=O)NC2CCCCC2)c2ccccc12. The van der Waals surface area contributed by atoms with Crippen LogP contribution in [-0.4, -0.2) is 33.8 Å². The highest BCUT2D eigenvalue weighted by atomic mass is 32.2. The minimum Gasteiger partial charge on any atom is -0.307 e. The highest BCUT2D eigenvalue weighted by Gasteiger charge is 2.35. The summed E-state index contributed by atoms with van der Waals surface area (Å²) in [4.78, 5) is 35.6. The van der Waals surface area contributed by atoms with Gasteiger partial charge in [0, 0.05) is 6.04 Å². The van der Waals surface area contributed by atoms with E-state index in [9.17, 15) is 13.8 Å². The maximum atomic E-state index is 13.1. The van der Waals surface area contributed by atoms with Crippen molar-refractivity contribution in [3.05, 3.63) is 77.4 Å². The van der Waals surface area contributed by atoms with Gasteiger partial charge in [0.1, 0.15) is 17.8 Å². The van der Waals surface area contributed by atoms with E-state index in [1.165, 1.54) is 24.2 Å². The first-order chi connectivity index (χ1) is 16.1. The molecular formula is C26H26N2O4S. The van der Waals surface area contributed by atoms with Crippen LogP contribution in [0.3, 0.4) is 0 Å². The summed E-state index contributed by atoms with van der Waals surface area (Å²) in [5.41, 5.74) is 1.76. The van der Waals surface area contributed by atoms with E-state index >= 15 is 0 Å². The maximum absolute atomic E-state index is 13.1. The van der Waals surface area contributed by atoms with E-state index in [4.69, 9.17) is 4.79 Å². The molecule has 2 amide bonds. The normalized spacial score (nSPS) is 16.9. The van der Waals surface area contributed by atoms with Crippen LogP contribution in [0.25, 0.3) is 10.8 Å². The summed E-state index contributed by atoms with van der Waals surface area (Å²) >= 11 is 0. The Kier molecular flexibility index (Phi) is 7.11. The first-order valence-electron chi connectivity index (χ1n) is 11.1. The topological polar surface area (TPSA) is 83.6 Å². The molecule has 1 saturated carbocycles. The summed E-state index contributed by atoms with van der Waals surface area (Å²) in [5, 5.41) is 1.80. The Labute approximate surface area is 195 Å². The van der Waals surface area contributed by atoms with Crippen LogP contribution >= 0.6 is 0 Å². The number of fused-ring (bicyclic) bond motifs is 2. The van der Waals surface area contributed by atoms with Gasteiger partial charge in [-0.1, -0.05) is 61.7 Å². The number of nitrogens with zero attached hydrogens (tertiary/aromatic N) is 1. The van der Waals surface area contributed by atoms with Crippen molar-refractivity contribution in [1.82, 2.24) is 9.62 Å².